The monoisotopic (exact) mass is 358 g/mol. The summed E-state index contributed by atoms with van der Waals surface area (Å²) in [6, 6.07) is 7.61. The van der Waals surface area contributed by atoms with E-state index in [1.165, 1.54) is 6.20 Å². The first-order valence-electron chi connectivity index (χ1n) is 8.28. The van der Waals surface area contributed by atoms with Gasteiger partial charge >= 0.3 is 0 Å². The number of anilines is 3. The van der Waals surface area contributed by atoms with E-state index in [1.54, 1.807) is 0 Å². The molecule has 1 aromatic carbocycles. The summed E-state index contributed by atoms with van der Waals surface area (Å²) in [5.41, 5.74) is 12.6. The number of nitrogens with zero attached hydrogens (tertiary/aromatic N) is 2. The second-order valence-corrected chi connectivity index (χ2v) is 6.71. The van der Waals surface area contributed by atoms with Gasteiger partial charge in [-0.2, -0.15) is 4.98 Å². The summed E-state index contributed by atoms with van der Waals surface area (Å²) in [7, 11) is 0. The van der Waals surface area contributed by atoms with Crippen molar-refractivity contribution < 1.29 is 4.79 Å². The quantitative estimate of drug-likeness (QED) is 0.523. The lowest BCUT2D eigenvalue weighted by Crippen LogP contribution is -2.43. The summed E-state index contributed by atoms with van der Waals surface area (Å²) < 4.78 is 0. The minimum absolute atomic E-state index is 0.0745. The predicted molar refractivity (Wildman–Crippen MR) is 101 cm³/mol. The van der Waals surface area contributed by atoms with Crippen LogP contribution in [0.5, 0.6) is 0 Å². The SMILES string of the molecule is NC(=O)c1cnc(NC2CCCCC2N)nc1Nc1cccc(S)c1. The number of aromatic nitrogens is 2. The van der Waals surface area contributed by atoms with E-state index in [0.717, 1.165) is 36.3 Å². The summed E-state index contributed by atoms with van der Waals surface area (Å²) >= 11 is 4.31. The molecule has 1 aromatic heterocycles. The van der Waals surface area contributed by atoms with E-state index in [1.807, 2.05) is 24.3 Å². The number of hydrogen-bond acceptors (Lipinski definition) is 7. The van der Waals surface area contributed by atoms with E-state index >= 15 is 0 Å². The number of carbonyl (C=O) groups excluding carboxylic acids is 1. The minimum atomic E-state index is -0.592. The molecule has 7 nitrogen and oxygen atoms in total. The molecule has 8 heteroatoms. The molecule has 0 spiro atoms. The number of rotatable bonds is 5. The summed E-state index contributed by atoms with van der Waals surface area (Å²) in [5, 5.41) is 6.39. The molecule has 1 amide bonds. The molecule has 1 aliphatic carbocycles. The molecule has 6 N–H and O–H groups in total. The maximum absolute atomic E-state index is 11.7. The summed E-state index contributed by atoms with van der Waals surface area (Å²) in [4.78, 5) is 21.1. The molecule has 0 aliphatic heterocycles. The van der Waals surface area contributed by atoms with Gasteiger partial charge in [-0.3, -0.25) is 4.79 Å². The van der Waals surface area contributed by atoms with E-state index in [2.05, 4.69) is 33.2 Å². The van der Waals surface area contributed by atoms with Crippen LogP contribution in [-0.4, -0.2) is 28.0 Å². The lowest BCUT2D eigenvalue weighted by atomic mass is 9.91. The fourth-order valence-electron chi connectivity index (χ4n) is 2.95. The molecule has 1 aliphatic rings. The number of carbonyl (C=O) groups is 1. The standard InChI is InChI=1S/C17H22N6OS/c18-13-6-1-2-7-14(13)22-17-20-9-12(15(19)24)16(23-17)21-10-4-3-5-11(25)8-10/h3-5,8-9,13-14,25H,1-2,6-7,18H2,(H2,19,24)(H2,20,21,22,23). The van der Waals surface area contributed by atoms with Crippen molar-refractivity contribution in [2.45, 2.75) is 42.7 Å². The van der Waals surface area contributed by atoms with E-state index < -0.39 is 5.91 Å². The third-order valence-electron chi connectivity index (χ3n) is 4.30. The van der Waals surface area contributed by atoms with Crippen molar-refractivity contribution >= 4 is 36.0 Å². The van der Waals surface area contributed by atoms with Crippen LogP contribution in [-0.2, 0) is 0 Å². The number of benzene rings is 1. The Bertz CT molecular complexity index is 769. The Kier molecular flexibility index (Phi) is 5.40. The average Bonchev–Trinajstić information content (AvgIpc) is 2.57. The van der Waals surface area contributed by atoms with E-state index in [4.69, 9.17) is 11.5 Å². The Labute approximate surface area is 152 Å². The van der Waals surface area contributed by atoms with Crippen LogP contribution in [0.3, 0.4) is 0 Å². The third kappa shape index (κ3) is 4.40. The van der Waals surface area contributed by atoms with Crippen LogP contribution in [0.2, 0.25) is 0 Å². The number of hydrogen-bond donors (Lipinski definition) is 5. The zero-order valence-electron chi connectivity index (χ0n) is 13.8. The van der Waals surface area contributed by atoms with Gasteiger partial charge in [0.15, 0.2) is 0 Å². The molecule has 2 aromatic rings. The second kappa shape index (κ2) is 7.71. The van der Waals surface area contributed by atoms with Gasteiger partial charge in [-0.05, 0) is 31.0 Å². The smallest absolute Gasteiger partial charge is 0.254 e. The van der Waals surface area contributed by atoms with E-state index in [9.17, 15) is 4.79 Å². The largest absolute Gasteiger partial charge is 0.365 e. The Hall–Kier alpha value is -2.32. The molecule has 1 heterocycles. The number of amides is 1. The molecular formula is C17H22N6OS. The van der Waals surface area contributed by atoms with Crippen LogP contribution in [0.4, 0.5) is 17.5 Å². The highest BCUT2D eigenvalue weighted by Crippen LogP contribution is 2.23. The predicted octanol–water partition coefficient (Wildman–Crippen LogP) is 2.29. The fourth-order valence-corrected chi connectivity index (χ4v) is 3.18. The molecule has 0 radical (unpaired) electrons. The lowest BCUT2D eigenvalue weighted by molar-refractivity contribution is 0.100. The maximum atomic E-state index is 11.7. The van der Waals surface area contributed by atoms with Gasteiger partial charge in [-0.15, -0.1) is 12.6 Å². The first kappa shape index (κ1) is 17.5. The van der Waals surface area contributed by atoms with Crippen molar-refractivity contribution in [2.75, 3.05) is 10.6 Å². The Morgan fingerprint density at radius 3 is 2.80 bits per heavy atom. The first-order valence-corrected chi connectivity index (χ1v) is 8.72. The highest BCUT2D eigenvalue weighted by atomic mass is 32.1. The van der Waals surface area contributed by atoms with Gasteiger partial charge in [0.05, 0.1) is 0 Å². The molecule has 0 saturated heterocycles. The highest BCUT2D eigenvalue weighted by Gasteiger charge is 2.23. The van der Waals surface area contributed by atoms with Gasteiger partial charge in [0.2, 0.25) is 5.95 Å². The van der Waals surface area contributed by atoms with Gasteiger partial charge < -0.3 is 22.1 Å². The molecular weight excluding hydrogens is 336 g/mol. The van der Waals surface area contributed by atoms with Crippen LogP contribution < -0.4 is 22.1 Å². The van der Waals surface area contributed by atoms with Gasteiger partial charge in [0, 0.05) is 28.9 Å². The Balaban J connectivity index is 1.85. The van der Waals surface area contributed by atoms with Crippen molar-refractivity contribution in [2.24, 2.45) is 11.5 Å². The lowest BCUT2D eigenvalue weighted by Gasteiger charge is -2.29. The Morgan fingerprint density at radius 1 is 1.28 bits per heavy atom. The molecule has 0 bridgehead atoms. The van der Waals surface area contributed by atoms with Gasteiger partial charge in [-0.1, -0.05) is 18.9 Å². The summed E-state index contributed by atoms with van der Waals surface area (Å²) in [5.74, 6) is 0.190. The maximum Gasteiger partial charge on any atom is 0.254 e. The molecule has 132 valence electrons. The number of nitrogens with one attached hydrogen (secondary N) is 2. The average molecular weight is 358 g/mol. The zero-order valence-corrected chi connectivity index (χ0v) is 14.7. The van der Waals surface area contributed by atoms with Crippen molar-refractivity contribution in [3.8, 4) is 0 Å². The topological polar surface area (TPSA) is 119 Å². The summed E-state index contributed by atoms with van der Waals surface area (Å²) in [6.07, 6.45) is 5.67. The van der Waals surface area contributed by atoms with Crippen LogP contribution in [0, 0.1) is 0 Å². The van der Waals surface area contributed by atoms with Crippen molar-refractivity contribution in [3.05, 3.63) is 36.0 Å². The normalized spacial score (nSPS) is 20.1. The van der Waals surface area contributed by atoms with Crippen LogP contribution >= 0.6 is 12.6 Å². The van der Waals surface area contributed by atoms with Crippen LogP contribution in [0.25, 0.3) is 0 Å². The van der Waals surface area contributed by atoms with Crippen molar-refractivity contribution in [1.29, 1.82) is 0 Å². The molecule has 1 fully saturated rings. The zero-order chi connectivity index (χ0) is 17.8. The number of thiol groups is 1. The fraction of sp³-hybridized carbons (Fsp3) is 0.353. The minimum Gasteiger partial charge on any atom is -0.365 e. The molecule has 2 unspecified atom stereocenters. The third-order valence-corrected chi connectivity index (χ3v) is 4.58. The second-order valence-electron chi connectivity index (χ2n) is 6.19. The summed E-state index contributed by atoms with van der Waals surface area (Å²) in [6.45, 7) is 0. The number of primary amides is 1. The molecule has 3 rings (SSSR count). The molecule has 1 saturated carbocycles. The highest BCUT2D eigenvalue weighted by molar-refractivity contribution is 7.80. The molecule has 25 heavy (non-hydrogen) atoms. The van der Waals surface area contributed by atoms with Gasteiger partial charge in [-0.25, -0.2) is 4.98 Å². The van der Waals surface area contributed by atoms with E-state index in [0.29, 0.717) is 11.8 Å². The van der Waals surface area contributed by atoms with Crippen molar-refractivity contribution in [3.63, 3.8) is 0 Å². The van der Waals surface area contributed by atoms with Crippen LogP contribution in [0.15, 0.2) is 35.4 Å². The van der Waals surface area contributed by atoms with Crippen LogP contribution in [0.1, 0.15) is 36.0 Å². The van der Waals surface area contributed by atoms with Crippen molar-refractivity contribution in [1.82, 2.24) is 9.97 Å². The number of nitrogens with two attached hydrogens (primary N) is 2. The van der Waals surface area contributed by atoms with Gasteiger partial charge in [0.25, 0.3) is 5.91 Å². The molecule has 2 atom stereocenters. The van der Waals surface area contributed by atoms with Gasteiger partial charge in [0.1, 0.15) is 11.4 Å². The first-order chi connectivity index (χ1) is 12.0. The van der Waals surface area contributed by atoms with E-state index in [-0.39, 0.29) is 17.6 Å². The Morgan fingerprint density at radius 2 is 2.08 bits per heavy atom.